The molecule has 1 fully saturated rings. The van der Waals surface area contributed by atoms with E-state index >= 15 is 0 Å². The number of rotatable bonds is 1. The highest BCUT2D eigenvalue weighted by molar-refractivity contribution is 5.40. The minimum absolute atomic E-state index is 0.330. The quantitative estimate of drug-likeness (QED) is 0.727. The van der Waals surface area contributed by atoms with Crippen LogP contribution in [0.5, 0.6) is 0 Å². The SMILES string of the molecule is Cc1nc(C2CCOC2)nc(N)c1C. The first-order valence-corrected chi connectivity index (χ1v) is 4.87. The molecule has 0 amide bonds. The number of nitrogen functional groups attached to an aromatic ring is 1. The van der Waals surface area contributed by atoms with Crippen LogP contribution in [-0.2, 0) is 4.74 Å². The summed E-state index contributed by atoms with van der Waals surface area (Å²) in [7, 11) is 0. The average Bonchev–Trinajstić information content (AvgIpc) is 2.66. The number of nitrogens with zero attached hydrogens (tertiary/aromatic N) is 2. The van der Waals surface area contributed by atoms with Crippen LogP contribution < -0.4 is 5.73 Å². The molecule has 2 rings (SSSR count). The zero-order valence-electron chi connectivity index (χ0n) is 8.58. The van der Waals surface area contributed by atoms with Crippen LogP contribution in [-0.4, -0.2) is 23.2 Å². The van der Waals surface area contributed by atoms with Gasteiger partial charge in [0.15, 0.2) is 0 Å². The van der Waals surface area contributed by atoms with E-state index < -0.39 is 0 Å². The van der Waals surface area contributed by atoms with Crippen molar-refractivity contribution in [3.8, 4) is 0 Å². The van der Waals surface area contributed by atoms with E-state index in [-0.39, 0.29) is 0 Å². The predicted octanol–water partition coefficient (Wildman–Crippen LogP) is 1.18. The van der Waals surface area contributed by atoms with Gasteiger partial charge in [-0.2, -0.15) is 0 Å². The van der Waals surface area contributed by atoms with Crippen LogP contribution >= 0.6 is 0 Å². The maximum Gasteiger partial charge on any atom is 0.136 e. The number of aryl methyl sites for hydroxylation is 1. The Morgan fingerprint density at radius 3 is 2.71 bits per heavy atom. The first kappa shape index (κ1) is 9.40. The molecule has 1 aliphatic heterocycles. The summed E-state index contributed by atoms with van der Waals surface area (Å²) >= 11 is 0. The molecule has 0 spiro atoms. The Bertz CT molecular complexity index is 322. The Labute approximate surface area is 83.5 Å². The third-order valence-electron chi connectivity index (χ3n) is 2.74. The molecule has 1 aromatic rings. The molecule has 2 N–H and O–H groups in total. The van der Waals surface area contributed by atoms with Gasteiger partial charge < -0.3 is 10.5 Å². The standard InChI is InChI=1S/C10H15N3O/c1-6-7(2)12-10(13-9(6)11)8-3-4-14-5-8/h8H,3-5H2,1-2H3,(H2,11,12,13). The van der Waals surface area contributed by atoms with Crippen LogP contribution in [0.1, 0.15) is 29.4 Å². The van der Waals surface area contributed by atoms with Gasteiger partial charge in [0.05, 0.1) is 6.61 Å². The largest absolute Gasteiger partial charge is 0.383 e. The van der Waals surface area contributed by atoms with Gasteiger partial charge in [-0.05, 0) is 20.3 Å². The van der Waals surface area contributed by atoms with Gasteiger partial charge in [0.1, 0.15) is 11.6 Å². The third kappa shape index (κ3) is 1.57. The Kier molecular flexibility index (Phi) is 2.37. The summed E-state index contributed by atoms with van der Waals surface area (Å²) in [4.78, 5) is 8.75. The highest BCUT2D eigenvalue weighted by atomic mass is 16.5. The Balaban J connectivity index is 2.34. The van der Waals surface area contributed by atoms with Gasteiger partial charge in [-0.1, -0.05) is 0 Å². The molecule has 1 atom stereocenters. The second-order valence-electron chi connectivity index (χ2n) is 3.74. The van der Waals surface area contributed by atoms with Gasteiger partial charge in [0.25, 0.3) is 0 Å². The molecule has 0 saturated carbocycles. The van der Waals surface area contributed by atoms with Crippen LogP contribution in [0.4, 0.5) is 5.82 Å². The molecule has 0 radical (unpaired) electrons. The molecule has 0 bridgehead atoms. The summed E-state index contributed by atoms with van der Waals surface area (Å²) in [6, 6.07) is 0. The molecule has 76 valence electrons. The molecular weight excluding hydrogens is 178 g/mol. The van der Waals surface area contributed by atoms with Crippen LogP contribution in [0, 0.1) is 13.8 Å². The summed E-state index contributed by atoms with van der Waals surface area (Å²) in [5, 5.41) is 0. The molecule has 4 nitrogen and oxygen atoms in total. The van der Waals surface area contributed by atoms with Gasteiger partial charge in [0.2, 0.25) is 0 Å². The van der Waals surface area contributed by atoms with Gasteiger partial charge in [-0.25, -0.2) is 9.97 Å². The Morgan fingerprint density at radius 1 is 1.36 bits per heavy atom. The Morgan fingerprint density at radius 2 is 2.14 bits per heavy atom. The van der Waals surface area contributed by atoms with Crippen LogP contribution in [0.2, 0.25) is 0 Å². The molecule has 4 heteroatoms. The van der Waals surface area contributed by atoms with Crippen molar-refractivity contribution in [2.45, 2.75) is 26.2 Å². The summed E-state index contributed by atoms with van der Waals surface area (Å²) < 4.78 is 5.30. The second-order valence-corrected chi connectivity index (χ2v) is 3.74. The van der Waals surface area contributed by atoms with Crippen molar-refractivity contribution in [2.24, 2.45) is 0 Å². The fourth-order valence-electron chi connectivity index (χ4n) is 1.59. The van der Waals surface area contributed by atoms with E-state index in [4.69, 9.17) is 10.5 Å². The second kappa shape index (κ2) is 3.53. The first-order valence-electron chi connectivity index (χ1n) is 4.87. The van der Waals surface area contributed by atoms with E-state index in [2.05, 4.69) is 9.97 Å². The number of anilines is 1. The lowest BCUT2D eigenvalue weighted by Crippen LogP contribution is -2.09. The van der Waals surface area contributed by atoms with Gasteiger partial charge in [-0.15, -0.1) is 0 Å². The van der Waals surface area contributed by atoms with Crippen LogP contribution in [0.15, 0.2) is 0 Å². The molecule has 0 aromatic carbocycles. The van der Waals surface area contributed by atoms with Gasteiger partial charge in [0, 0.05) is 23.8 Å². The average molecular weight is 193 g/mol. The number of aromatic nitrogens is 2. The lowest BCUT2D eigenvalue weighted by molar-refractivity contribution is 0.193. The molecule has 0 aliphatic carbocycles. The normalized spacial score (nSPS) is 21.4. The maximum absolute atomic E-state index is 5.80. The third-order valence-corrected chi connectivity index (χ3v) is 2.74. The minimum Gasteiger partial charge on any atom is -0.383 e. The van der Waals surface area contributed by atoms with Crippen molar-refractivity contribution >= 4 is 5.82 Å². The lowest BCUT2D eigenvalue weighted by atomic mass is 10.1. The maximum atomic E-state index is 5.80. The summed E-state index contributed by atoms with van der Waals surface area (Å²) in [6.07, 6.45) is 1.00. The molecule has 1 unspecified atom stereocenters. The molecule has 2 heterocycles. The summed E-state index contributed by atoms with van der Waals surface area (Å²) in [5.41, 5.74) is 7.75. The highest BCUT2D eigenvalue weighted by Gasteiger charge is 2.21. The first-order chi connectivity index (χ1) is 6.68. The van der Waals surface area contributed by atoms with Crippen molar-refractivity contribution in [1.29, 1.82) is 0 Å². The summed E-state index contributed by atoms with van der Waals surface area (Å²) in [5.74, 6) is 1.76. The highest BCUT2D eigenvalue weighted by Crippen LogP contribution is 2.24. The monoisotopic (exact) mass is 193 g/mol. The fourth-order valence-corrected chi connectivity index (χ4v) is 1.59. The molecular formula is C10H15N3O. The minimum atomic E-state index is 0.330. The topological polar surface area (TPSA) is 61.0 Å². The number of nitrogens with two attached hydrogens (primary N) is 1. The van der Waals surface area contributed by atoms with E-state index in [1.54, 1.807) is 0 Å². The van der Waals surface area contributed by atoms with Crippen LogP contribution in [0.25, 0.3) is 0 Å². The smallest absolute Gasteiger partial charge is 0.136 e. The molecule has 14 heavy (non-hydrogen) atoms. The molecule has 1 aliphatic rings. The number of ether oxygens (including phenoxy) is 1. The molecule has 1 aromatic heterocycles. The summed E-state index contributed by atoms with van der Waals surface area (Å²) in [6.45, 7) is 5.44. The lowest BCUT2D eigenvalue weighted by Gasteiger charge is -2.10. The van der Waals surface area contributed by atoms with Gasteiger partial charge >= 0.3 is 0 Å². The number of hydrogen-bond acceptors (Lipinski definition) is 4. The van der Waals surface area contributed by atoms with Crippen LogP contribution in [0.3, 0.4) is 0 Å². The van der Waals surface area contributed by atoms with Crippen molar-refractivity contribution < 1.29 is 4.74 Å². The van der Waals surface area contributed by atoms with Crippen molar-refractivity contribution in [3.05, 3.63) is 17.1 Å². The van der Waals surface area contributed by atoms with E-state index in [9.17, 15) is 0 Å². The zero-order chi connectivity index (χ0) is 10.1. The Hall–Kier alpha value is -1.16. The van der Waals surface area contributed by atoms with Crippen molar-refractivity contribution in [2.75, 3.05) is 18.9 Å². The van der Waals surface area contributed by atoms with E-state index in [0.717, 1.165) is 36.7 Å². The van der Waals surface area contributed by atoms with Crippen molar-refractivity contribution in [3.63, 3.8) is 0 Å². The van der Waals surface area contributed by atoms with E-state index in [0.29, 0.717) is 11.7 Å². The van der Waals surface area contributed by atoms with E-state index in [1.807, 2.05) is 13.8 Å². The fraction of sp³-hybridized carbons (Fsp3) is 0.600. The zero-order valence-corrected chi connectivity index (χ0v) is 8.58. The van der Waals surface area contributed by atoms with Gasteiger partial charge in [-0.3, -0.25) is 0 Å². The number of hydrogen-bond donors (Lipinski definition) is 1. The molecule has 1 saturated heterocycles. The predicted molar refractivity (Wildman–Crippen MR) is 54.1 cm³/mol. The van der Waals surface area contributed by atoms with E-state index in [1.165, 1.54) is 0 Å². The van der Waals surface area contributed by atoms with Crippen molar-refractivity contribution in [1.82, 2.24) is 9.97 Å².